The lowest BCUT2D eigenvalue weighted by Crippen LogP contribution is -2.09. The highest BCUT2D eigenvalue weighted by Crippen LogP contribution is 2.38. The third-order valence-electron chi connectivity index (χ3n) is 3.75. The van der Waals surface area contributed by atoms with E-state index in [9.17, 15) is 9.90 Å². The summed E-state index contributed by atoms with van der Waals surface area (Å²) in [6.45, 7) is 0.273. The summed E-state index contributed by atoms with van der Waals surface area (Å²) in [7, 11) is 0. The van der Waals surface area contributed by atoms with E-state index >= 15 is 0 Å². The van der Waals surface area contributed by atoms with Crippen molar-refractivity contribution in [3.05, 3.63) is 47.7 Å². The van der Waals surface area contributed by atoms with Crippen LogP contribution in [0.3, 0.4) is 0 Å². The van der Waals surface area contributed by atoms with Crippen molar-refractivity contribution in [3.8, 4) is 0 Å². The summed E-state index contributed by atoms with van der Waals surface area (Å²) in [4.78, 5) is 15.8. The number of para-hydroxylation sites is 1. The Labute approximate surface area is 120 Å². The van der Waals surface area contributed by atoms with Gasteiger partial charge in [-0.1, -0.05) is 23.4 Å². The second kappa shape index (κ2) is 4.44. The van der Waals surface area contributed by atoms with E-state index < -0.39 is 5.97 Å². The van der Waals surface area contributed by atoms with Gasteiger partial charge in [-0.05, 0) is 25.0 Å². The van der Waals surface area contributed by atoms with Crippen molar-refractivity contribution in [1.29, 1.82) is 0 Å². The Hall–Kier alpha value is -2.63. The van der Waals surface area contributed by atoms with Gasteiger partial charge in [0.2, 0.25) is 5.89 Å². The van der Waals surface area contributed by atoms with Gasteiger partial charge in [-0.3, -0.25) is 0 Å². The molecule has 1 aliphatic carbocycles. The zero-order valence-corrected chi connectivity index (χ0v) is 11.2. The number of hydrogen-bond acceptors (Lipinski definition) is 4. The fourth-order valence-electron chi connectivity index (χ4n) is 2.53. The van der Waals surface area contributed by atoms with E-state index in [2.05, 4.69) is 10.1 Å². The van der Waals surface area contributed by atoms with Crippen LogP contribution in [0.25, 0.3) is 10.9 Å². The van der Waals surface area contributed by atoms with Crippen LogP contribution in [0.15, 0.2) is 34.9 Å². The van der Waals surface area contributed by atoms with Gasteiger partial charge in [0.05, 0.1) is 0 Å². The molecule has 6 nitrogen and oxygen atoms in total. The monoisotopic (exact) mass is 283 g/mol. The minimum absolute atomic E-state index is 0.224. The van der Waals surface area contributed by atoms with Crippen LogP contribution in [0, 0.1) is 0 Å². The van der Waals surface area contributed by atoms with Crippen LogP contribution in [0.1, 0.15) is 41.0 Å². The molecule has 1 N–H and O–H groups in total. The number of rotatable bonds is 4. The maximum atomic E-state index is 11.4. The third-order valence-corrected chi connectivity index (χ3v) is 3.75. The van der Waals surface area contributed by atoms with E-state index in [4.69, 9.17) is 4.52 Å². The first-order valence-corrected chi connectivity index (χ1v) is 6.86. The van der Waals surface area contributed by atoms with Crippen molar-refractivity contribution in [3.63, 3.8) is 0 Å². The maximum absolute atomic E-state index is 11.4. The van der Waals surface area contributed by atoms with E-state index in [1.165, 1.54) is 0 Å². The van der Waals surface area contributed by atoms with Crippen LogP contribution in [-0.4, -0.2) is 25.8 Å². The van der Waals surface area contributed by atoms with Crippen LogP contribution < -0.4 is 0 Å². The van der Waals surface area contributed by atoms with Gasteiger partial charge < -0.3 is 14.2 Å². The third kappa shape index (κ3) is 2.08. The molecular weight excluding hydrogens is 270 g/mol. The number of benzene rings is 1. The first-order valence-electron chi connectivity index (χ1n) is 6.86. The normalized spacial score (nSPS) is 14.7. The van der Waals surface area contributed by atoms with Crippen LogP contribution in [-0.2, 0) is 6.54 Å². The first kappa shape index (κ1) is 12.1. The molecule has 6 heteroatoms. The molecule has 106 valence electrons. The molecule has 1 fully saturated rings. The Bertz CT molecular complexity index is 830. The summed E-state index contributed by atoms with van der Waals surface area (Å²) in [6, 6.07) is 9.21. The molecule has 3 aromatic rings. The summed E-state index contributed by atoms with van der Waals surface area (Å²) in [5, 5.41) is 14.2. The van der Waals surface area contributed by atoms with Gasteiger partial charge in [0.25, 0.3) is 0 Å². The number of aromatic nitrogens is 3. The molecule has 0 unspecified atom stereocenters. The SMILES string of the molecule is O=C(O)c1cc2ccccc2n1Cc1nc(C2CC2)no1. The van der Waals surface area contributed by atoms with E-state index in [1.807, 2.05) is 24.3 Å². The van der Waals surface area contributed by atoms with Crippen LogP contribution in [0.2, 0.25) is 0 Å². The van der Waals surface area contributed by atoms with Crippen molar-refractivity contribution in [2.75, 3.05) is 0 Å². The highest BCUT2D eigenvalue weighted by molar-refractivity contribution is 5.94. The fourth-order valence-corrected chi connectivity index (χ4v) is 2.53. The zero-order valence-electron chi connectivity index (χ0n) is 11.2. The Morgan fingerprint density at radius 1 is 1.38 bits per heavy atom. The van der Waals surface area contributed by atoms with Gasteiger partial charge in [-0.15, -0.1) is 0 Å². The van der Waals surface area contributed by atoms with E-state index in [-0.39, 0.29) is 12.2 Å². The molecule has 1 aromatic carbocycles. The molecule has 2 heterocycles. The Morgan fingerprint density at radius 3 is 2.95 bits per heavy atom. The Morgan fingerprint density at radius 2 is 2.19 bits per heavy atom. The van der Waals surface area contributed by atoms with Crippen molar-refractivity contribution in [1.82, 2.24) is 14.7 Å². The van der Waals surface area contributed by atoms with Gasteiger partial charge in [0, 0.05) is 16.8 Å². The second-order valence-electron chi connectivity index (χ2n) is 5.30. The molecule has 0 saturated heterocycles. The molecule has 0 atom stereocenters. The molecule has 21 heavy (non-hydrogen) atoms. The highest BCUT2D eigenvalue weighted by atomic mass is 16.5. The Kier molecular flexibility index (Phi) is 2.57. The predicted octanol–water partition coefficient (Wildman–Crippen LogP) is 2.65. The molecule has 0 spiro atoms. The molecule has 2 aromatic heterocycles. The lowest BCUT2D eigenvalue weighted by molar-refractivity contribution is 0.0686. The van der Waals surface area contributed by atoms with Crippen molar-refractivity contribution >= 4 is 16.9 Å². The average molecular weight is 283 g/mol. The number of carboxylic acid groups (broad SMARTS) is 1. The Balaban J connectivity index is 1.76. The van der Waals surface area contributed by atoms with Gasteiger partial charge >= 0.3 is 5.97 Å². The lowest BCUT2D eigenvalue weighted by Gasteiger charge is -2.04. The molecule has 0 amide bonds. The van der Waals surface area contributed by atoms with Crippen LogP contribution in [0.4, 0.5) is 0 Å². The van der Waals surface area contributed by atoms with Crippen LogP contribution in [0.5, 0.6) is 0 Å². The summed E-state index contributed by atoms with van der Waals surface area (Å²) in [5.41, 5.74) is 1.07. The standard InChI is InChI=1S/C15H13N3O3/c19-15(20)12-7-10-3-1-2-4-11(10)18(12)8-13-16-14(17-21-13)9-5-6-9/h1-4,7,9H,5-6,8H2,(H,19,20). The largest absolute Gasteiger partial charge is 0.477 e. The summed E-state index contributed by atoms with van der Waals surface area (Å²) < 4.78 is 6.94. The zero-order chi connectivity index (χ0) is 14.4. The molecule has 4 rings (SSSR count). The number of hydrogen-bond donors (Lipinski definition) is 1. The second-order valence-corrected chi connectivity index (χ2v) is 5.30. The number of fused-ring (bicyclic) bond motifs is 1. The summed E-state index contributed by atoms with van der Waals surface area (Å²) >= 11 is 0. The molecule has 0 radical (unpaired) electrons. The summed E-state index contributed by atoms with van der Waals surface area (Å²) in [6.07, 6.45) is 2.21. The van der Waals surface area contributed by atoms with E-state index in [0.29, 0.717) is 11.8 Å². The van der Waals surface area contributed by atoms with Crippen molar-refractivity contribution < 1.29 is 14.4 Å². The fraction of sp³-hybridized carbons (Fsp3) is 0.267. The van der Waals surface area contributed by atoms with Crippen LogP contribution >= 0.6 is 0 Å². The number of carbonyl (C=O) groups is 1. The van der Waals surface area contributed by atoms with Crippen molar-refractivity contribution in [2.24, 2.45) is 0 Å². The minimum Gasteiger partial charge on any atom is -0.477 e. The first-order chi connectivity index (χ1) is 10.2. The van der Waals surface area contributed by atoms with E-state index in [1.54, 1.807) is 10.6 Å². The lowest BCUT2D eigenvalue weighted by atomic mass is 10.2. The van der Waals surface area contributed by atoms with Gasteiger partial charge in [0.1, 0.15) is 12.2 Å². The van der Waals surface area contributed by atoms with Gasteiger partial charge in [-0.2, -0.15) is 4.98 Å². The smallest absolute Gasteiger partial charge is 0.352 e. The van der Waals surface area contributed by atoms with Gasteiger partial charge in [0.15, 0.2) is 5.82 Å². The number of carboxylic acids is 1. The van der Waals surface area contributed by atoms with E-state index in [0.717, 1.165) is 29.6 Å². The molecule has 1 aliphatic rings. The topological polar surface area (TPSA) is 81.1 Å². The average Bonchev–Trinajstić information content (AvgIpc) is 3.12. The molecule has 0 bridgehead atoms. The molecule has 0 aliphatic heterocycles. The minimum atomic E-state index is -0.965. The summed E-state index contributed by atoms with van der Waals surface area (Å²) in [5.74, 6) is 0.634. The number of nitrogens with zero attached hydrogens (tertiary/aromatic N) is 3. The molecular formula is C15H13N3O3. The highest BCUT2D eigenvalue weighted by Gasteiger charge is 2.29. The number of aromatic carboxylic acids is 1. The maximum Gasteiger partial charge on any atom is 0.352 e. The quantitative estimate of drug-likeness (QED) is 0.796. The van der Waals surface area contributed by atoms with Crippen molar-refractivity contribution in [2.45, 2.75) is 25.3 Å². The van der Waals surface area contributed by atoms with Gasteiger partial charge in [-0.25, -0.2) is 4.79 Å². The predicted molar refractivity (Wildman–Crippen MR) is 74.3 cm³/mol. The molecule has 1 saturated carbocycles.